The second-order valence-corrected chi connectivity index (χ2v) is 7.07. The maximum Gasteiger partial charge on any atom is 0.336 e. The van der Waals surface area contributed by atoms with Crippen molar-refractivity contribution in [2.45, 2.75) is 40.5 Å². The fourth-order valence-electron chi connectivity index (χ4n) is 4.64. The summed E-state index contributed by atoms with van der Waals surface area (Å²) in [5.41, 5.74) is 2.73. The summed E-state index contributed by atoms with van der Waals surface area (Å²) in [5, 5.41) is 3.20. The standard InChI is InChI=1S/C20H27NO4/c1-5-24-19(22)16-11(3)21-12(4)17(20(23)25-6-2)18(16)15-10-13-7-8-14(15)9-13/h7-8,13-15,18,21H,5-6,9-10H2,1-4H3/t13-,14+,15+/m1/s1. The summed E-state index contributed by atoms with van der Waals surface area (Å²) < 4.78 is 10.6. The van der Waals surface area contributed by atoms with Gasteiger partial charge < -0.3 is 14.8 Å². The first kappa shape index (κ1) is 17.8. The molecule has 0 radical (unpaired) electrons. The third-order valence-corrected chi connectivity index (χ3v) is 5.55. The summed E-state index contributed by atoms with van der Waals surface area (Å²) in [6, 6.07) is 0. The van der Waals surface area contributed by atoms with E-state index in [1.54, 1.807) is 13.8 Å². The van der Waals surface area contributed by atoms with Crippen molar-refractivity contribution in [2.24, 2.45) is 23.7 Å². The first-order chi connectivity index (χ1) is 12.0. The molecule has 5 nitrogen and oxygen atoms in total. The van der Waals surface area contributed by atoms with Gasteiger partial charge in [-0.15, -0.1) is 0 Å². The normalized spacial score (nSPS) is 28.4. The monoisotopic (exact) mass is 345 g/mol. The zero-order valence-electron chi connectivity index (χ0n) is 15.4. The number of carbonyl (C=O) groups excluding carboxylic acids is 2. The Balaban J connectivity index is 2.04. The van der Waals surface area contributed by atoms with E-state index in [0.717, 1.165) is 24.2 Å². The van der Waals surface area contributed by atoms with Crippen LogP contribution in [0.1, 0.15) is 40.5 Å². The molecule has 136 valence electrons. The van der Waals surface area contributed by atoms with Gasteiger partial charge in [-0.05, 0) is 58.3 Å². The van der Waals surface area contributed by atoms with Crippen molar-refractivity contribution < 1.29 is 19.1 Å². The number of rotatable bonds is 5. The molecule has 0 spiro atoms. The third kappa shape index (κ3) is 3.12. The van der Waals surface area contributed by atoms with E-state index in [1.165, 1.54) is 0 Å². The summed E-state index contributed by atoms with van der Waals surface area (Å²) in [6.45, 7) is 7.99. The lowest BCUT2D eigenvalue weighted by molar-refractivity contribution is -0.140. The first-order valence-electron chi connectivity index (χ1n) is 9.19. The van der Waals surface area contributed by atoms with Gasteiger partial charge in [0.25, 0.3) is 0 Å². The van der Waals surface area contributed by atoms with Gasteiger partial charge in [0.05, 0.1) is 24.4 Å². The zero-order valence-corrected chi connectivity index (χ0v) is 15.4. The van der Waals surface area contributed by atoms with Crippen LogP contribution in [0.15, 0.2) is 34.7 Å². The lowest BCUT2D eigenvalue weighted by atomic mass is 9.71. The van der Waals surface area contributed by atoms with Crippen LogP contribution in [0.25, 0.3) is 0 Å². The van der Waals surface area contributed by atoms with E-state index < -0.39 is 0 Å². The molecule has 3 atom stereocenters. The average Bonchev–Trinajstić information content (AvgIpc) is 3.17. The topological polar surface area (TPSA) is 64.6 Å². The molecule has 0 amide bonds. The molecule has 2 bridgehead atoms. The Morgan fingerprint density at radius 1 is 1.00 bits per heavy atom. The van der Waals surface area contributed by atoms with Crippen molar-refractivity contribution in [1.29, 1.82) is 0 Å². The number of carbonyl (C=O) groups is 2. The minimum Gasteiger partial charge on any atom is -0.463 e. The Morgan fingerprint density at radius 2 is 1.56 bits per heavy atom. The number of esters is 2. The number of dihydropyridines is 1. The first-order valence-corrected chi connectivity index (χ1v) is 9.19. The minimum atomic E-state index is -0.335. The Bertz CT molecular complexity index is 633. The molecule has 3 aliphatic rings. The Morgan fingerprint density at radius 3 is 1.96 bits per heavy atom. The van der Waals surface area contributed by atoms with Crippen molar-refractivity contribution in [1.82, 2.24) is 5.32 Å². The Labute approximate surface area is 149 Å². The summed E-state index contributed by atoms with van der Waals surface area (Å²) >= 11 is 0. The molecule has 0 saturated heterocycles. The molecule has 5 heteroatoms. The SMILES string of the molecule is CCOC(=O)C1=C(C)NC(C)=C(C(=O)OCC)C1[C@H]1C[C@@H]2C=C[C@H]1C2. The molecule has 3 rings (SSSR count). The molecule has 0 aromatic carbocycles. The van der Waals surface area contributed by atoms with E-state index >= 15 is 0 Å². The molecule has 0 unspecified atom stereocenters. The molecule has 1 N–H and O–H groups in total. The maximum absolute atomic E-state index is 12.7. The average molecular weight is 345 g/mol. The fraction of sp³-hybridized carbons (Fsp3) is 0.600. The van der Waals surface area contributed by atoms with Gasteiger partial charge in [0.2, 0.25) is 0 Å². The third-order valence-electron chi connectivity index (χ3n) is 5.55. The van der Waals surface area contributed by atoms with Crippen molar-refractivity contribution >= 4 is 11.9 Å². The largest absolute Gasteiger partial charge is 0.463 e. The smallest absolute Gasteiger partial charge is 0.336 e. The van der Waals surface area contributed by atoms with Gasteiger partial charge in [-0.3, -0.25) is 0 Å². The van der Waals surface area contributed by atoms with E-state index in [-0.39, 0.29) is 23.8 Å². The highest BCUT2D eigenvalue weighted by atomic mass is 16.5. The lowest BCUT2D eigenvalue weighted by Crippen LogP contribution is -2.38. The molecule has 0 aromatic heterocycles. The number of fused-ring (bicyclic) bond motifs is 2. The van der Waals surface area contributed by atoms with Crippen LogP contribution in [-0.2, 0) is 19.1 Å². The van der Waals surface area contributed by atoms with Gasteiger partial charge in [0, 0.05) is 17.3 Å². The molecule has 1 fully saturated rings. The van der Waals surface area contributed by atoms with Gasteiger partial charge in [0.1, 0.15) is 0 Å². The van der Waals surface area contributed by atoms with Crippen molar-refractivity contribution in [3.63, 3.8) is 0 Å². The Hall–Kier alpha value is -2.04. The molecular formula is C20H27NO4. The van der Waals surface area contributed by atoms with E-state index in [4.69, 9.17) is 9.47 Å². The van der Waals surface area contributed by atoms with Crippen LogP contribution in [0, 0.1) is 23.7 Å². The van der Waals surface area contributed by atoms with Gasteiger partial charge in [-0.25, -0.2) is 9.59 Å². The number of allylic oxidation sites excluding steroid dienone is 4. The van der Waals surface area contributed by atoms with Crippen LogP contribution < -0.4 is 5.32 Å². The number of hydrogen-bond donors (Lipinski definition) is 1. The van der Waals surface area contributed by atoms with E-state index in [1.807, 2.05) is 13.8 Å². The van der Waals surface area contributed by atoms with Crippen LogP contribution >= 0.6 is 0 Å². The van der Waals surface area contributed by atoms with Crippen LogP contribution in [-0.4, -0.2) is 25.2 Å². The predicted molar refractivity (Wildman–Crippen MR) is 94.1 cm³/mol. The van der Waals surface area contributed by atoms with Crippen LogP contribution in [0.3, 0.4) is 0 Å². The predicted octanol–water partition coefficient (Wildman–Crippen LogP) is 3.09. The molecule has 1 aliphatic heterocycles. The molecular weight excluding hydrogens is 318 g/mol. The van der Waals surface area contributed by atoms with Crippen LogP contribution in [0.2, 0.25) is 0 Å². The molecule has 2 aliphatic carbocycles. The van der Waals surface area contributed by atoms with E-state index in [0.29, 0.717) is 36.2 Å². The Kier molecular flexibility index (Phi) is 5.02. The number of nitrogens with one attached hydrogen (secondary N) is 1. The molecule has 0 aromatic rings. The lowest BCUT2D eigenvalue weighted by Gasteiger charge is -2.36. The molecule has 25 heavy (non-hydrogen) atoms. The van der Waals surface area contributed by atoms with Crippen LogP contribution in [0.5, 0.6) is 0 Å². The highest BCUT2D eigenvalue weighted by Gasteiger charge is 2.48. The summed E-state index contributed by atoms with van der Waals surface area (Å²) in [6.07, 6.45) is 6.62. The van der Waals surface area contributed by atoms with Crippen LogP contribution in [0.4, 0.5) is 0 Å². The van der Waals surface area contributed by atoms with Gasteiger partial charge in [0.15, 0.2) is 0 Å². The van der Waals surface area contributed by atoms with Gasteiger partial charge in [-0.1, -0.05) is 12.2 Å². The van der Waals surface area contributed by atoms with Crippen molar-refractivity contribution in [3.8, 4) is 0 Å². The van der Waals surface area contributed by atoms with Crippen molar-refractivity contribution in [2.75, 3.05) is 13.2 Å². The second-order valence-electron chi connectivity index (χ2n) is 7.07. The molecule has 1 heterocycles. The summed E-state index contributed by atoms with van der Waals surface area (Å²) in [5.74, 6) is 0.261. The highest BCUT2D eigenvalue weighted by Crippen LogP contribution is 2.52. The summed E-state index contributed by atoms with van der Waals surface area (Å²) in [4.78, 5) is 25.4. The van der Waals surface area contributed by atoms with Gasteiger partial charge in [-0.2, -0.15) is 0 Å². The number of hydrogen-bond acceptors (Lipinski definition) is 5. The van der Waals surface area contributed by atoms with E-state index in [9.17, 15) is 9.59 Å². The highest BCUT2D eigenvalue weighted by molar-refractivity contribution is 5.98. The molecule has 1 saturated carbocycles. The quantitative estimate of drug-likeness (QED) is 0.613. The van der Waals surface area contributed by atoms with Gasteiger partial charge >= 0.3 is 11.9 Å². The summed E-state index contributed by atoms with van der Waals surface area (Å²) in [7, 11) is 0. The second kappa shape index (κ2) is 7.06. The maximum atomic E-state index is 12.7. The van der Waals surface area contributed by atoms with E-state index in [2.05, 4.69) is 17.5 Å². The number of ether oxygens (including phenoxy) is 2. The fourth-order valence-corrected chi connectivity index (χ4v) is 4.64. The zero-order chi connectivity index (χ0) is 18.1. The minimum absolute atomic E-state index is 0.237. The van der Waals surface area contributed by atoms with Crippen molar-refractivity contribution in [3.05, 3.63) is 34.7 Å².